The molecule has 2 aromatic heterocycles. The van der Waals surface area contributed by atoms with Crippen molar-refractivity contribution in [2.45, 2.75) is 69.1 Å². The average molecular weight is 834 g/mol. The van der Waals surface area contributed by atoms with Crippen molar-refractivity contribution in [3.63, 3.8) is 0 Å². The molecular weight excluding hydrogens is 788 g/mol. The zero-order valence-corrected chi connectivity index (χ0v) is 34.1. The second kappa shape index (κ2) is 15.2. The Morgan fingerprint density at radius 1 is 1.05 bits per heavy atom. The number of aromatic amines is 1. The Kier molecular flexibility index (Phi) is 10.3. The molecule has 8 rings (SSSR count). The standard InChI is InChI=1S/C43H45BrN6O5Si/c1-27-41(56(2,3)54)39(19-20-49-25-37(47-48-49)34(26-51)29-9-5-4-6-10-29)55-43(27)35-22-31(44)15-18-38(35)50(42(43)53)24-28-13-16-32(17-14-28)46-40(52)21-30-23-45-36-12-8-7-11-33(30)36/h4-18,22-23,25,27,34,39,41,45,51,54H,19-21,24,26H2,1-3H3,(H,46,52)/t27-,34?,39+,41-,43+/m0/s1. The predicted molar refractivity (Wildman–Crippen MR) is 222 cm³/mol. The highest BCUT2D eigenvalue weighted by Crippen LogP contribution is 2.60. The Morgan fingerprint density at radius 2 is 1.80 bits per heavy atom. The number of hydrogen-bond donors (Lipinski definition) is 4. The van der Waals surface area contributed by atoms with E-state index >= 15 is 0 Å². The second-order valence-electron chi connectivity index (χ2n) is 15.5. The number of amides is 2. The van der Waals surface area contributed by atoms with Crippen molar-refractivity contribution in [1.82, 2.24) is 20.0 Å². The van der Waals surface area contributed by atoms with Crippen molar-refractivity contribution in [3.05, 3.63) is 142 Å². The number of halogens is 1. The summed E-state index contributed by atoms with van der Waals surface area (Å²) in [7, 11) is -2.88. The third-order valence-electron chi connectivity index (χ3n) is 11.5. The van der Waals surface area contributed by atoms with Gasteiger partial charge in [0.15, 0.2) is 13.9 Å². The summed E-state index contributed by atoms with van der Waals surface area (Å²) in [6.45, 7) is 6.54. The van der Waals surface area contributed by atoms with Gasteiger partial charge in [-0.1, -0.05) is 88.7 Å². The molecule has 1 fully saturated rings. The number of rotatable bonds is 12. The fourth-order valence-electron chi connectivity index (χ4n) is 8.91. The molecule has 4 heterocycles. The highest BCUT2D eigenvalue weighted by molar-refractivity contribution is 9.10. The lowest BCUT2D eigenvalue weighted by molar-refractivity contribution is -0.146. The maximum atomic E-state index is 14.9. The van der Waals surface area contributed by atoms with Crippen LogP contribution in [0.15, 0.2) is 114 Å². The molecule has 13 heteroatoms. The number of aryl methyl sites for hydroxylation is 1. The molecule has 6 aromatic rings. The summed E-state index contributed by atoms with van der Waals surface area (Å²) in [6.07, 6.45) is 4.06. The predicted octanol–water partition coefficient (Wildman–Crippen LogP) is 7.26. The third-order valence-corrected chi connectivity index (χ3v) is 14.5. The minimum Gasteiger partial charge on any atom is -0.432 e. The number of anilines is 2. The minimum absolute atomic E-state index is 0.0956. The average Bonchev–Trinajstić information content (AvgIpc) is 3.94. The number of H-pyrrole nitrogens is 1. The van der Waals surface area contributed by atoms with Gasteiger partial charge in [0, 0.05) is 57.0 Å². The molecule has 288 valence electrons. The Hall–Kier alpha value is -4.92. The number of aliphatic hydroxyl groups is 1. The van der Waals surface area contributed by atoms with E-state index in [4.69, 9.17) is 4.74 Å². The molecule has 1 unspecified atom stereocenters. The quantitative estimate of drug-likeness (QED) is 0.0951. The van der Waals surface area contributed by atoms with Crippen molar-refractivity contribution in [2.75, 3.05) is 16.8 Å². The molecule has 56 heavy (non-hydrogen) atoms. The van der Waals surface area contributed by atoms with Crippen LogP contribution in [0, 0.1) is 5.92 Å². The van der Waals surface area contributed by atoms with Crippen molar-refractivity contribution < 1.29 is 24.2 Å². The molecule has 4 N–H and O–H groups in total. The van der Waals surface area contributed by atoms with E-state index in [1.54, 1.807) is 9.58 Å². The van der Waals surface area contributed by atoms with Crippen LogP contribution in [0.4, 0.5) is 11.4 Å². The third kappa shape index (κ3) is 7.02. The van der Waals surface area contributed by atoms with Crippen molar-refractivity contribution >= 4 is 58.3 Å². The van der Waals surface area contributed by atoms with Gasteiger partial charge in [-0.15, -0.1) is 5.10 Å². The van der Waals surface area contributed by atoms with Gasteiger partial charge in [-0.3, -0.25) is 14.3 Å². The van der Waals surface area contributed by atoms with Crippen LogP contribution in [0.2, 0.25) is 18.6 Å². The van der Waals surface area contributed by atoms with Crippen LogP contribution in [0.3, 0.4) is 0 Å². The number of aromatic nitrogens is 4. The Morgan fingerprint density at radius 3 is 2.55 bits per heavy atom. The van der Waals surface area contributed by atoms with E-state index < -0.39 is 20.0 Å². The highest BCUT2D eigenvalue weighted by atomic mass is 79.9. The largest absolute Gasteiger partial charge is 0.432 e. The first-order valence-corrected chi connectivity index (χ1v) is 22.8. The molecule has 0 aliphatic carbocycles. The monoisotopic (exact) mass is 832 g/mol. The fourth-order valence-corrected chi connectivity index (χ4v) is 11.9. The molecule has 0 bridgehead atoms. The number of ether oxygens (including phenoxy) is 1. The number of nitrogens with zero attached hydrogens (tertiary/aromatic N) is 4. The molecule has 0 radical (unpaired) electrons. The number of benzene rings is 4. The normalized spacial score (nSPS) is 21.2. The number of fused-ring (bicyclic) bond motifs is 3. The first-order valence-electron chi connectivity index (χ1n) is 19.0. The lowest BCUT2D eigenvalue weighted by atomic mass is 9.82. The van der Waals surface area contributed by atoms with Gasteiger partial charge in [0.25, 0.3) is 5.91 Å². The molecule has 2 amide bonds. The first kappa shape index (κ1) is 38.0. The number of para-hydroxylation sites is 1. The summed E-state index contributed by atoms with van der Waals surface area (Å²) in [5.74, 6) is -0.883. The number of hydrogen-bond acceptors (Lipinski definition) is 7. The molecule has 1 spiro atoms. The van der Waals surface area contributed by atoms with E-state index in [0.717, 1.165) is 43.3 Å². The molecule has 4 aromatic carbocycles. The molecule has 1 saturated heterocycles. The van der Waals surface area contributed by atoms with Crippen LogP contribution in [-0.4, -0.2) is 62.7 Å². The number of carbonyl (C=O) groups is 2. The maximum Gasteiger partial charge on any atom is 0.264 e. The SMILES string of the molecule is C[C@H]1[C@H]([Si](C)(C)O)[C@@H](CCn2cc(C(CO)c3ccccc3)nn2)O[C@]12C(=O)N(Cc1ccc(NC(=O)Cc3c[nH]c4ccccc34)cc1)c1ccc(Br)cc12. The van der Waals surface area contributed by atoms with Crippen LogP contribution in [0.25, 0.3) is 10.9 Å². The molecule has 0 saturated carbocycles. The van der Waals surface area contributed by atoms with Crippen molar-refractivity contribution in [1.29, 1.82) is 0 Å². The lowest BCUT2D eigenvalue weighted by Gasteiger charge is -2.32. The number of aliphatic hydroxyl groups excluding tert-OH is 1. The van der Waals surface area contributed by atoms with Gasteiger partial charge < -0.3 is 29.8 Å². The van der Waals surface area contributed by atoms with Crippen LogP contribution in [-0.2, 0) is 39.4 Å². The number of nitrogens with one attached hydrogen (secondary N) is 2. The van der Waals surface area contributed by atoms with E-state index in [1.807, 2.05) is 129 Å². The molecule has 2 aliphatic rings. The Labute approximate surface area is 335 Å². The van der Waals surface area contributed by atoms with Crippen LogP contribution >= 0.6 is 15.9 Å². The smallest absolute Gasteiger partial charge is 0.264 e. The summed E-state index contributed by atoms with van der Waals surface area (Å²) in [6, 6.07) is 31.1. The van der Waals surface area contributed by atoms with Gasteiger partial charge in [0.05, 0.1) is 43.0 Å². The van der Waals surface area contributed by atoms with Crippen LogP contribution < -0.4 is 10.2 Å². The van der Waals surface area contributed by atoms with Crippen molar-refractivity contribution in [2.24, 2.45) is 5.92 Å². The van der Waals surface area contributed by atoms with Gasteiger partial charge in [0.2, 0.25) is 5.91 Å². The van der Waals surface area contributed by atoms with Crippen LogP contribution in [0.1, 0.15) is 47.2 Å². The first-order chi connectivity index (χ1) is 27.0. The Bertz CT molecular complexity index is 2380. The molecule has 5 atom stereocenters. The summed E-state index contributed by atoms with van der Waals surface area (Å²) in [5.41, 5.74) is 5.15. The molecule has 2 aliphatic heterocycles. The second-order valence-corrected chi connectivity index (χ2v) is 20.4. The molecule has 11 nitrogen and oxygen atoms in total. The maximum absolute atomic E-state index is 14.9. The van der Waals surface area contributed by atoms with E-state index in [1.165, 1.54) is 0 Å². The van der Waals surface area contributed by atoms with Gasteiger partial charge in [-0.25, -0.2) is 0 Å². The van der Waals surface area contributed by atoms with Gasteiger partial charge in [0.1, 0.15) is 0 Å². The van der Waals surface area contributed by atoms with Crippen LogP contribution in [0.5, 0.6) is 0 Å². The van der Waals surface area contributed by atoms with E-state index in [2.05, 4.69) is 36.5 Å². The topological polar surface area (TPSA) is 146 Å². The summed E-state index contributed by atoms with van der Waals surface area (Å²) in [5, 5.41) is 23.0. The Balaban J connectivity index is 1.00. The summed E-state index contributed by atoms with van der Waals surface area (Å²) in [4.78, 5) is 44.7. The highest BCUT2D eigenvalue weighted by Gasteiger charge is 2.66. The van der Waals surface area contributed by atoms with E-state index in [9.17, 15) is 19.5 Å². The lowest BCUT2D eigenvalue weighted by Crippen LogP contribution is -2.46. The number of carbonyl (C=O) groups excluding carboxylic acids is 2. The minimum atomic E-state index is -2.88. The van der Waals surface area contributed by atoms with Gasteiger partial charge in [-0.2, -0.15) is 0 Å². The summed E-state index contributed by atoms with van der Waals surface area (Å²) < 4.78 is 9.62. The van der Waals surface area contributed by atoms with Crippen molar-refractivity contribution in [3.8, 4) is 0 Å². The van der Waals surface area contributed by atoms with Gasteiger partial charge in [-0.05, 0) is 72.6 Å². The fraction of sp³-hybridized carbons (Fsp3) is 0.302. The molecular formula is C43H45BrN6O5Si. The summed E-state index contributed by atoms with van der Waals surface area (Å²) >= 11 is 3.65. The zero-order valence-electron chi connectivity index (χ0n) is 31.5. The zero-order chi connectivity index (χ0) is 39.2. The van der Waals surface area contributed by atoms with E-state index in [0.29, 0.717) is 30.9 Å². The van der Waals surface area contributed by atoms with E-state index in [-0.39, 0.29) is 42.2 Å². The van der Waals surface area contributed by atoms with Gasteiger partial charge >= 0.3 is 0 Å².